The van der Waals surface area contributed by atoms with Gasteiger partial charge < -0.3 is 10.2 Å². The Labute approximate surface area is 109 Å². The zero-order chi connectivity index (χ0) is 13.1. The molecule has 0 aliphatic heterocycles. The first-order valence-electron chi connectivity index (χ1n) is 6.10. The molecule has 0 saturated heterocycles. The molecule has 1 heterocycles. The molecule has 2 rings (SSSR count). The fourth-order valence-electron chi connectivity index (χ4n) is 1.73. The number of nitrogens with two attached hydrogens (primary N) is 1. The number of rotatable bonds is 5. The minimum atomic E-state index is -1.16. The zero-order valence-electron chi connectivity index (χ0n) is 10.7. The van der Waals surface area contributed by atoms with Crippen molar-refractivity contribution in [3.8, 4) is 0 Å². The van der Waals surface area contributed by atoms with Crippen LogP contribution in [0.5, 0.6) is 0 Å². The van der Waals surface area contributed by atoms with Crippen LogP contribution in [-0.4, -0.2) is 14.9 Å². The summed E-state index contributed by atoms with van der Waals surface area (Å²) in [4.78, 5) is 4.23. The van der Waals surface area contributed by atoms with E-state index in [4.69, 9.17) is 10.2 Å². The van der Waals surface area contributed by atoms with Crippen LogP contribution in [-0.2, 0) is 10.8 Å². The largest absolute Gasteiger partial charge is 0.430 e. The van der Waals surface area contributed by atoms with Gasteiger partial charge in [-0.15, -0.1) is 0 Å². The highest BCUT2D eigenvalue weighted by Gasteiger charge is 2.12. The standard InChI is InChI=1S/C13H18N2O2S/c1-9(2)4-3-7-18(16)13-15-11-6-5-10(14)8-12(11)17-13/h5-6,8-9H,3-4,7,14H2,1-2H3. The van der Waals surface area contributed by atoms with Crippen molar-refractivity contribution >= 4 is 27.6 Å². The lowest BCUT2D eigenvalue weighted by atomic mass is 10.1. The number of nitrogens with zero attached hydrogens (tertiary/aromatic N) is 1. The molecular weight excluding hydrogens is 248 g/mol. The molecular formula is C13H18N2O2S. The Balaban J connectivity index is 2.08. The highest BCUT2D eigenvalue weighted by molar-refractivity contribution is 7.84. The summed E-state index contributed by atoms with van der Waals surface area (Å²) in [7, 11) is -1.16. The minimum Gasteiger partial charge on any atom is -0.430 e. The molecule has 0 spiro atoms. The van der Waals surface area contributed by atoms with Crippen LogP contribution in [0.3, 0.4) is 0 Å². The van der Waals surface area contributed by atoms with Gasteiger partial charge in [-0.2, -0.15) is 0 Å². The maximum absolute atomic E-state index is 12.0. The summed E-state index contributed by atoms with van der Waals surface area (Å²) in [5.74, 6) is 1.23. The lowest BCUT2D eigenvalue weighted by Gasteiger charge is -2.01. The van der Waals surface area contributed by atoms with Gasteiger partial charge in [0.1, 0.15) is 16.3 Å². The first kappa shape index (κ1) is 13.1. The Bertz CT molecular complexity index is 563. The van der Waals surface area contributed by atoms with E-state index in [1.165, 1.54) is 0 Å². The second-order valence-corrected chi connectivity index (χ2v) is 6.24. The highest BCUT2D eigenvalue weighted by Crippen LogP contribution is 2.20. The number of anilines is 1. The Morgan fingerprint density at radius 2 is 2.22 bits per heavy atom. The Morgan fingerprint density at radius 3 is 2.94 bits per heavy atom. The quantitative estimate of drug-likeness (QED) is 0.845. The lowest BCUT2D eigenvalue weighted by molar-refractivity contribution is 0.476. The number of oxazole rings is 1. The normalized spacial score (nSPS) is 13.3. The van der Waals surface area contributed by atoms with Crippen molar-refractivity contribution in [2.24, 2.45) is 5.92 Å². The molecule has 4 nitrogen and oxygen atoms in total. The number of benzene rings is 1. The molecule has 5 heteroatoms. The summed E-state index contributed by atoms with van der Waals surface area (Å²) in [5, 5.41) is 0.305. The van der Waals surface area contributed by atoms with Crippen molar-refractivity contribution < 1.29 is 8.63 Å². The van der Waals surface area contributed by atoms with E-state index >= 15 is 0 Å². The molecule has 0 aliphatic carbocycles. The maximum Gasteiger partial charge on any atom is 0.287 e. The van der Waals surface area contributed by atoms with Crippen LogP contribution in [0.2, 0.25) is 0 Å². The Morgan fingerprint density at radius 1 is 1.44 bits per heavy atom. The van der Waals surface area contributed by atoms with E-state index in [0.29, 0.717) is 33.7 Å². The average Bonchev–Trinajstić information content (AvgIpc) is 2.71. The molecule has 2 N–H and O–H groups in total. The zero-order valence-corrected chi connectivity index (χ0v) is 11.5. The summed E-state index contributed by atoms with van der Waals surface area (Å²) < 4.78 is 17.5. The number of nitrogen functional groups attached to an aromatic ring is 1. The molecule has 0 radical (unpaired) electrons. The van der Waals surface area contributed by atoms with Gasteiger partial charge in [0, 0.05) is 17.5 Å². The molecule has 0 aliphatic rings. The number of hydrogen-bond donors (Lipinski definition) is 1. The van der Waals surface area contributed by atoms with Gasteiger partial charge in [0.2, 0.25) is 0 Å². The van der Waals surface area contributed by atoms with Crippen LogP contribution in [0, 0.1) is 5.92 Å². The third-order valence-corrected chi connectivity index (χ3v) is 3.92. The third kappa shape index (κ3) is 3.10. The van der Waals surface area contributed by atoms with Gasteiger partial charge in [-0.3, -0.25) is 0 Å². The van der Waals surface area contributed by atoms with E-state index in [2.05, 4.69) is 18.8 Å². The molecule has 1 aromatic carbocycles. The molecule has 98 valence electrons. The van der Waals surface area contributed by atoms with Gasteiger partial charge in [0.15, 0.2) is 5.58 Å². The highest BCUT2D eigenvalue weighted by atomic mass is 32.2. The summed E-state index contributed by atoms with van der Waals surface area (Å²) in [5.41, 5.74) is 7.58. The van der Waals surface area contributed by atoms with Crippen molar-refractivity contribution in [3.63, 3.8) is 0 Å². The van der Waals surface area contributed by atoms with Crippen LogP contribution < -0.4 is 5.73 Å². The van der Waals surface area contributed by atoms with E-state index in [1.54, 1.807) is 18.2 Å². The smallest absolute Gasteiger partial charge is 0.287 e. The lowest BCUT2D eigenvalue weighted by Crippen LogP contribution is -2.00. The molecule has 0 saturated carbocycles. The van der Waals surface area contributed by atoms with Crippen molar-refractivity contribution in [2.75, 3.05) is 11.5 Å². The van der Waals surface area contributed by atoms with Crippen molar-refractivity contribution in [1.82, 2.24) is 4.98 Å². The van der Waals surface area contributed by atoms with Gasteiger partial charge >= 0.3 is 0 Å². The van der Waals surface area contributed by atoms with Gasteiger partial charge in [0.05, 0.1) is 0 Å². The van der Waals surface area contributed by atoms with E-state index in [0.717, 1.165) is 12.8 Å². The molecule has 2 aromatic rings. The first-order chi connectivity index (χ1) is 8.56. The molecule has 0 fully saturated rings. The van der Waals surface area contributed by atoms with Gasteiger partial charge in [-0.05, 0) is 24.5 Å². The fraction of sp³-hybridized carbons (Fsp3) is 0.462. The molecule has 1 aromatic heterocycles. The third-order valence-electron chi connectivity index (χ3n) is 2.70. The predicted molar refractivity (Wildman–Crippen MR) is 73.8 cm³/mol. The number of aromatic nitrogens is 1. The van der Waals surface area contributed by atoms with E-state index in [1.807, 2.05) is 0 Å². The molecule has 18 heavy (non-hydrogen) atoms. The predicted octanol–water partition coefficient (Wildman–Crippen LogP) is 2.95. The van der Waals surface area contributed by atoms with Crippen LogP contribution in [0.25, 0.3) is 11.1 Å². The van der Waals surface area contributed by atoms with Crippen LogP contribution in [0.4, 0.5) is 5.69 Å². The van der Waals surface area contributed by atoms with Crippen LogP contribution in [0.15, 0.2) is 27.8 Å². The van der Waals surface area contributed by atoms with Crippen molar-refractivity contribution in [2.45, 2.75) is 31.9 Å². The topological polar surface area (TPSA) is 69.1 Å². The minimum absolute atomic E-state index is 0.305. The second kappa shape index (κ2) is 5.52. The second-order valence-electron chi connectivity index (χ2n) is 4.79. The monoisotopic (exact) mass is 266 g/mol. The Hall–Kier alpha value is -1.36. The maximum atomic E-state index is 12.0. The fourth-order valence-corrected chi connectivity index (χ4v) is 2.71. The number of fused-ring (bicyclic) bond motifs is 1. The van der Waals surface area contributed by atoms with Gasteiger partial charge in [0.25, 0.3) is 5.22 Å². The molecule has 1 atom stereocenters. The first-order valence-corrected chi connectivity index (χ1v) is 7.42. The summed E-state index contributed by atoms with van der Waals surface area (Å²) in [6.07, 6.45) is 1.99. The van der Waals surface area contributed by atoms with Crippen LogP contribution in [0.1, 0.15) is 26.7 Å². The summed E-state index contributed by atoms with van der Waals surface area (Å²) in [6.45, 7) is 4.32. The van der Waals surface area contributed by atoms with E-state index in [9.17, 15) is 4.21 Å². The molecule has 1 unspecified atom stereocenters. The SMILES string of the molecule is CC(C)CCCS(=O)c1nc2ccc(N)cc2o1. The summed E-state index contributed by atoms with van der Waals surface area (Å²) >= 11 is 0. The van der Waals surface area contributed by atoms with Gasteiger partial charge in [-0.1, -0.05) is 20.3 Å². The Kier molecular flexibility index (Phi) is 4.01. The number of hydrogen-bond acceptors (Lipinski definition) is 4. The van der Waals surface area contributed by atoms with Crippen LogP contribution >= 0.6 is 0 Å². The average molecular weight is 266 g/mol. The van der Waals surface area contributed by atoms with Gasteiger partial charge in [-0.25, -0.2) is 9.19 Å². The molecule has 0 bridgehead atoms. The van der Waals surface area contributed by atoms with E-state index < -0.39 is 10.8 Å². The molecule has 0 amide bonds. The van der Waals surface area contributed by atoms with Crippen molar-refractivity contribution in [1.29, 1.82) is 0 Å². The summed E-state index contributed by atoms with van der Waals surface area (Å²) in [6, 6.07) is 5.25. The van der Waals surface area contributed by atoms with Crippen molar-refractivity contribution in [3.05, 3.63) is 18.2 Å². The van der Waals surface area contributed by atoms with E-state index in [-0.39, 0.29) is 0 Å².